The van der Waals surface area contributed by atoms with Crippen LogP contribution in [-0.4, -0.2) is 48.4 Å². The van der Waals surface area contributed by atoms with Gasteiger partial charge in [0.15, 0.2) is 5.69 Å². The van der Waals surface area contributed by atoms with Crippen LogP contribution in [0.1, 0.15) is 10.5 Å². The smallest absolute Gasteiger partial charge is 0.269 e. The van der Waals surface area contributed by atoms with E-state index < -0.39 is 5.91 Å². The summed E-state index contributed by atoms with van der Waals surface area (Å²) in [5.41, 5.74) is 5.22. The quantitative estimate of drug-likeness (QED) is 0.619. The van der Waals surface area contributed by atoms with Crippen LogP contribution in [0, 0.1) is 0 Å². The molecule has 2 heterocycles. The van der Waals surface area contributed by atoms with Gasteiger partial charge in [0.25, 0.3) is 5.91 Å². The van der Waals surface area contributed by atoms with Crippen LogP contribution < -0.4 is 16.4 Å². The number of carbonyl (C=O) groups is 1. The molecular weight excluding hydrogens is 222 g/mol. The minimum atomic E-state index is -0.580. The molecule has 92 valence electrons. The molecule has 1 aliphatic rings. The lowest BCUT2D eigenvalue weighted by Crippen LogP contribution is -2.42. The highest BCUT2D eigenvalue weighted by Gasteiger charge is 2.13. The van der Waals surface area contributed by atoms with Crippen LogP contribution in [0.3, 0.4) is 0 Å². The van der Waals surface area contributed by atoms with Gasteiger partial charge in [0.2, 0.25) is 0 Å². The average Bonchev–Trinajstić information content (AvgIpc) is 2.38. The average molecular weight is 237 g/mol. The maximum atomic E-state index is 10.8. The number of amides is 1. The van der Waals surface area contributed by atoms with Crippen molar-refractivity contribution in [1.29, 1.82) is 0 Å². The number of aromatic nitrogens is 2. The molecule has 1 aliphatic heterocycles. The Morgan fingerprint density at radius 1 is 1.59 bits per heavy atom. The zero-order chi connectivity index (χ0) is 12.1. The number of anilines is 1. The van der Waals surface area contributed by atoms with Crippen LogP contribution in [0.15, 0.2) is 12.1 Å². The molecule has 1 atom stereocenters. The predicted molar refractivity (Wildman–Crippen MR) is 61.6 cm³/mol. The fourth-order valence-corrected chi connectivity index (χ4v) is 1.53. The monoisotopic (exact) mass is 237 g/mol. The lowest BCUT2D eigenvalue weighted by atomic mass is 10.3. The van der Waals surface area contributed by atoms with E-state index in [0.29, 0.717) is 12.4 Å². The van der Waals surface area contributed by atoms with Gasteiger partial charge in [-0.2, -0.15) is 0 Å². The Hall–Kier alpha value is -1.73. The molecule has 0 saturated carbocycles. The number of carbonyl (C=O) groups excluding carboxylic acids is 1. The van der Waals surface area contributed by atoms with Crippen molar-refractivity contribution in [3.63, 3.8) is 0 Å². The zero-order valence-electron chi connectivity index (χ0n) is 9.35. The summed E-state index contributed by atoms with van der Waals surface area (Å²) >= 11 is 0. The highest BCUT2D eigenvalue weighted by atomic mass is 16.5. The first-order valence-electron chi connectivity index (χ1n) is 5.45. The van der Waals surface area contributed by atoms with Crippen molar-refractivity contribution in [3.8, 4) is 0 Å². The Morgan fingerprint density at radius 3 is 3.06 bits per heavy atom. The van der Waals surface area contributed by atoms with E-state index in [0.717, 1.165) is 19.7 Å². The van der Waals surface area contributed by atoms with E-state index in [1.807, 2.05) is 0 Å². The lowest BCUT2D eigenvalue weighted by molar-refractivity contribution is 0.0372. The van der Waals surface area contributed by atoms with Crippen molar-refractivity contribution in [3.05, 3.63) is 17.8 Å². The SMILES string of the molecule is NC(=O)c1ccc(NCC2CNCCO2)nn1. The highest BCUT2D eigenvalue weighted by molar-refractivity contribution is 5.90. The Kier molecular flexibility index (Phi) is 3.84. The summed E-state index contributed by atoms with van der Waals surface area (Å²) in [6.07, 6.45) is 0.126. The third-order valence-corrected chi connectivity index (χ3v) is 2.43. The number of ether oxygens (including phenoxy) is 1. The van der Waals surface area contributed by atoms with Crippen LogP contribution in [0.5, 0.6) is 0 Å². The third kappa shape index (κ3) is 3.36. The van der Waals surface area contributed by atoms with E-state index >= 15 is 0 Å². The number of nitrogens with one attached hydrogen (secondary N) is 2. The van der Waals surface area contributed by atoms with Crippen molar-refractivity contribution < 1.29 is 9.53 Å². The van der Waals surface area contributed by atoms with E-state index in [9.17, 15) is 4.79 Å². The number of hydrogen-bond donors (Lipinski definition) is 3. The molecule has 7 heteroatoms. The fourth-order valence-electron chi connectivity index (χ4n) is 1.53. The van der Waals surface area contributed by atoms with Gasteiger partial charge in [-0.05, 0) is 12.1 Å². The van der Waals surface area contributed by atoms with Crippen molar-refractivity contribution in [2.24, 2.45) is 5.73 Å². The Morgan fingerprint density at radius 2 is 2.47 bits per heavy atom. The highest BCUT2D eigenvalue weighted by Crippen LogP contribution is 2.03. The minimum Gasteiger partial charge on any atom is -0.374 e. The fraction of sp³-hybridized carbons (Fsp3) is 0.500. The van der Waals surface area contributed by atoms with E-state index in [1.165, 1.54) is 6.07 Å². The molecule has 1 amide bonds. The number of morpholine rings is 1. The van der Waals surface area contributed by atoms with Gasteiger partial charge in [0.05, 0.1) is 12.7 Å². The van der Waals surface area contributed by atoms with Crippen LogP contribution in [0.25, 0.3) is 0 Å². The summed E-state index contributed by atoms with van der Waals surface area (Å²) < 4.78 is 5.51. The first kappa shape index (κ1) is 11.7. The number of hydrogen-bond acceptors (Lipinski definition) is 6. The summed E-state index contributed by atoms with van der Waals surface area (Å²) in [6, 6.07) is 3.21. The van der Waals surface area contributed by atoms with Gasteiger partial charge in [0, 0.05) is 19.6 Å². The second-order valence-electron chi connectivity index (χ2n) is 3.75. The topological polar surface area (TPSA) is 102 Å². The van der Waals surface area contributed by atoms with Gasteiger partial charge in [-0.3, -0.25) is 4.79 Å². The number of nitrogens with two attached hydrogens (primary N) is 1. The largest absolute Gasteiger partial charge is 0.374 e. The molecular formula is C10H15N5O2. The zero-order valence-corrected chi connectivity index (χ0v) is 9.35. The van der Waals surface area contributed by atoms with Crippen LogP contribution in [-0.2, 0) is 4.74 Å². The van der Waals surface area contributed by atoms with Crippen LogP contribution in [0.2, 0.25) is 0 Å². The standard InChI is InChI=1S/C10H15N5O2/c11-10(16)8-1-2-9(15-14-8)13-6-7-5-12-3-4-17-7/h1-2,7,12H,3-6H2,(H2,11,16)(H,13,15). The third-order valence-electron chi connectivity index (χ3n) is 2.43. The van der Waals surface area contributed by atoms with Crippen molar-refractivity contribution in [2.45, 2.75) is 6.10 Å². The van der Waals surface area contributed by atoms with E-state index in [-0.39, 0.29) is 11.8 Å². The second kappa shape index (κ2) is 5.55. The second-order valence-corrected chi connectivity index (χ2v) is 3.75. The summed E-state index contributed by atoms with van der Waals surface area (Å²) in [6.45, 7) is 3.08. The molecule has 17 heavy (non-hydrogen) atoms. The molecule has 1 saturated heterocycles. The van der Waals surface area contributed by atoms with E-state index in [2.05, 4.69) is 20.8 Å². The van der Waals surface area contributed by atoms with Crippen molar-refractivity contribution >= 4 is 11.7 Å². The predicted octanol–water partition coefficient (Wildman–Crippen LogP) is -1.02. The van der Waals surface area contributed by atoms with Gasteiger partial charge >= 0.3 is 0 Å². The Labute approximate surface area is 98.7 Å². The molecule has 1 aromatic heterocycles. The summed E-state index contributed by atoms with van der Waals surface area (Å²) in [5.74, 6) is 0.0213. The van der Waals surface area contributed by atoms with Gasteiger partial charge < -0.3 is 21.1 Å². The summed E-state index contributed by atoms with van der Waals surface area (Å²) in [5, 5.41) is 13.9. The molecule has 0 bridgehead atoms. The first-order valence-corrected chi connectivity index (χ1v) is 5.45. The van der Waals surface area contributed by atoms with Crippen molar-refractivity contribution in [2.75, 3.05) is 31.6 Å². The maximum absolute atomic E-state index is 10.8. The number of rotatable bonds is 4. The number of primary amides is 1. The maximum Gasteiger partial charge on any atom is 0.269 e. The summed E-state index contributed by atoms with van der Waals surface area (Å²) in [7, 11) is 0. The molecule has 2 rings (SSSR count). The van der Waals surface area contributed by atoms with Crippen LogP contribution >= 0.6 is 0 Å². The molecule has 0 aliphatic carbocycles. The van der Waals surface area contributed by atoms with Crippen LogP contribution in [0.4, 0.5) is 5.82 Å². The van der Waals surface area contributed by atoms with E-state index in [1.54, 1.807) is 6.07 Å². The Balaban J connectivity index is 1.84. The molecule has 1 aromatic rings. The normalized spacial score (nSPS) is 19.9. The lowest BCUT2D eigenvalue weighted by Gasteiger charge is -2.23. The molecule has 0 aromatic carbocycles. The van der Waals surface area contributed by atoms with Crippen molar-refractivity contribution in [1.82, 2.24) is 15.5 Å². The van der Waals surface area contributed by atoms with Gasteiger partial charge in [-0.15, -0.1) is 10.2 Å². The van der Waals surface area contributed by atoms with E-state index in [4.69, 9.17) is 10.5 Å². The first-order chi connectivity index (χ1) is 8.25. The molecule has 0 radical (unpaired) electrons. The summed E-state index contributed by atoms with van der Waals surface area (Å²) in [4.78, 5) is 10.8. The molecule has 1 fully saturated rings. The van der Waals surface area contributed by atoms with Gasteiger partial charge in [-0.25, -0.2) is 0 Å². The van der Waals surface area contributed by atoms with Gasteiger partial charge in [-0.1, -0.05) is 0 Å². The minimum absolute atomic E-state index is 0.126. The Bertz CT molecular complexity index is 375. The molecule has 7 nitrogen and oxygen atoms in total. The molecule has 0 spiro atoms. The van der Waals surface area contributed by atoms with Gasteiger partial charge in [0.1, 0.15) is 5.82 Å². The number of nitrogens with zero attached hydrogens (tertiary/aromatic N) is 2. The molecule has 1 unspecified atom stereocenters. The molecule has 4 N–H and O–H groups in total.